The molecule has 3 aromatic rings. The third kappa shape index (κ3) is 9.33. The average molecular weight is 499 g/mol. The van der Waals surface area contributed by atoms with E-state index in [-0.39, 0.29) is 18.5 Å². The lowest BCUT2D eigenvalue weighted by Gasteiger charge is -2.17. The van der Waals surface area contributed by atoms with Crippen LogP contribution in [-0.4, -0.2) is 24.3 Å². The van der Waals surface area contributed by atoms with E-state index in [1.807, 2.05) is 0 Å². The van der Waals surface area contributed by atoms with Gasteiger partial charge in [0.25, 0.3) is 0 Å². The van der Waals surface area contributed by atoms with E-state index >= 15 is 0 Å². The highest BCUT2D eigenvalue weighted by atomic mass is 16.5. The van der Waals surface area contributed by atoms with Crippen molar-refractivity contribution in [3.8, 4) is 11.1 Å². The number of ether oxygens (including phenoxy) is 1. The highest BCUT2D eigenvalue weighted by Crippen LogP contribution is 2.27. The Hall–Kier alpha value is -3.17. The van der Waals surface area contributed by atoms with Crippen LogP contribution in [0.25, 0.3) is 11.1 Å². The molecule has 196 valence electrons. The maximum atomic E-state index is 11.6. The number of hydrogen-bond donors (Lipinski definition) is 1. The van der Waals surface area contributed by atoms with Crippen LogP contribution in [0.2, 0.25) is 0 Å². The smallest absolute Gasteiger partial charge is 0.333 e. The number of carbonyl (C=O) groups is 1. The zero-order valence-corrected chi connectivity index (χ0v) is 22.5. The molecule has 0 saturated carbocycles. The van der Waals surface area contributed by atoms with Crippen LogP contribution in [0.5, 0.6) is 0 Å². The lowest BCUT2D eigenvalue weighted by atomic mass is 9.91. The first-order valence-electron chi connectivity index (χ1n) is 13.7. The molecule has 1 atom stereocenters. The highest BCUT2D eigenvalue weighted by molar-refractivity contribution is 5.86. The Morgan fingerprint density at radius 2 is 1.30 bits per heavy atom. The maximum Gasteiger partial charge on any atom is 0.333 e. The summed E-state index contributed by atoms with van der Waals surface area (Å²) in [5.74, 6) is -0.220. The Balaban J connectivity index is 1.53. The van der Waals surface area contributed by atoms with Crippen molar-refractivity contribution in [2.24, 2.45) is 0 Å². The fraction of sp³-hybridized carbons (Fsp3) is 0.382. The molecular formula is C34H42O3. The molecule has 0 aromatic heterocycles. The van der Waals surface area contributed by atoms with E-state index in [1.165, 1.54) is 53.5 Å². The van der Waals surface area contributed by atoms with Crippen LogP contribution in [0.15, 0.2) is 84.9 Å². The number of hydrogen-bond acceptors (Lipinski definition) is 3. The third-order valence-corrected chi connectivity index (χ3v) is 6.99. The van der Waals surface area contributed by atoms with Gasteiger partial charge in [-0.05, 0) is 84.7 Å². The van der Waals surface area contributed by atoms with Crippen molar-refractivity contribution in [3.63, 3.8) is 0 Å². The quantitative estimate of drug-likeness (QED) is 0.132. The SMILES string of the molecule is C=C(C)C(=O)OCCC(CCO)c1ccc(-c2ccc(CCc3ccc(CCCCC)cc3)cc2)cc1. The Kier molecular flexibility index (Phi) is 11.6. The van der Waals surface area contributed by atoms with Gasteiger partial charge in [-0.1, -0.05) is 99.1 Å². The number of unbranched alkanes of at least 4 members (excludes halogenated alkanes) is 2. The standard InChI is InChI=1S/C34H42O3/c1-4-5-6-7-27-8-10-28(11-9-27)12-13-29-14-16-30(17-15-29)31-18-20-32(21-19-31)33(22-24-35)23-25-37-34(36)26(2)3/h8-11,14-21,33,35H,2,4-7,12-13,22-25H2,1,3H3. The number of carbonyl (C=O) groups excluding carboxylic acids is 1. The summed E-state index contributed by atoms with van der Waals surface area (Å²) in [5.41, 5.74) is 8.11. The van der Waals surface area contributed by atoms with Gasteiger partial charge in [-0.25, -0.2) is 4.79 Å². The van der Waals surface area contributed by atoms with Crippen LogP contribution < -0.4 is 0 Å². The average Bonchev–Trinajstić information content (AvgIpc) is 2.92. The van der Waals surface area contributed by atoms with Gasteiger partial charge in [0.2, 0.25) is 0 Å². The van der Waals surface area contributed by atoms with E-state index in [2.05, 4.69) is 86.3 Å². The van der Waals surface area contributed by atoms with Gasteiger partial charge < -0.3 is 9.84 Å². The number of rotatable bonds is 15. The third-order valence-electron chi connectivity index (χ3n) is 6.99. The van der Waals surface area contributed by atoms with Crippen LogP contribution in [0, 0.1) is 0 Å². The largest absolute Gasteiger partial charge is 0.462 e. The Labute approximate surface area is 223 Å². The van der Waals surface area contributed by atoms with Crippen molar-refractivity contribution in [1.29, 1.82) is 0 Å². The molecule has 3 heteroatoms. The minimum atomic E-state index is -0.364. The summed E-state index contributed by atoms with van der Waals surface area (Å²) in [5, 5.41) is 9.50. The normalized spacial score (nSPS) is 11.8. The Bertz CT molecular complexity index is 1100. The summed E-state index contributed by atoms with van der Waals surface area (Å²) >= 11 is 0. The fourth-order valence-corrected chi connectivity index (χ4v) is 4.60. The van der Waals surface area contributed by atoms with Gasteiger partial charge in [0.1, 0.15) is 0 Å². The van der Waals surface area contributed by atoms with E-state index in [9.17, 15) is 9.90 Å². The topological polar surface area (TPSA) is 46.5 Å². The predicted molar refractivity (Wildman–Crippen MR) is 154 cm³/mol. The van der Waals surface area contributed by atoms with E-state index in [4.69, 9.17) is 4.74 Å². The van der Waals surface area contributed by atoms with Gasteiger partial charge in [-0.15, -0.1) is 0 Å². The minimum Gasteiger partial charge on any atom is -0.462 e. The predicted octanol–water partition coefficient (Wildman–Crippen LogP) is 7.85. The van der Waals surface area contributed by atoms with Gasteiger partial charge in [0.15, 0.2) is 0 Å². The molecule has 3 aromatic carbocycles. The van der Waals surface area contributed by atoms with Crippen LogP contribution in [0.4, 0.5) is 0 Å². The molecular weight excluding hydrogens is 456 g/mol. The summed E-state index contributed by atoms with van der Waals surface area (Å²) in [6, 6.07) is 26.5. The first-order chi connectivity index (χ1) is 18.0. The first-order valence-corrected chi connectivity index (χ1v) is 13.7. The summed E-state index contributed by atoms with van der Waals surface area (Å²) in [6.45, 7) is 7.93. The molecule has 0 heterocycles. The number of aliphatic hydroxyl groups excluding tert-OH is 1. The number of aliphatic hydroxyl groups is 1. The van der Waals surface area contributed by atoms with E-state index in [1.54, 1.807) is 6.92 Å². The Morgan fingerprint density at radius 1 is 0.784 bits per heavy atom. The van der Waals surface area contributed by atoms with Crippen LogP contribution in [0.3, 0.4) is 0 Å². The van der Waals surface area contributed by atoms with E-state index in [0.717, 1.165) is 18.4 Å². The molecule has 0 aliphatic carbocycles. The molecule has 0 bridgehead atoms. The monoisotopic (exact) mass is 498 g/mol. The Morgan fingerprint density at radius 3 is 1.81 bits per heavy atom. The summed E-state index contributed by atoms with van der Waals surface area (Å²) in [7, 11) is 0. The van der Waals surface area contributed by atoms with Crippen molar-refractivity contribution in [2.75, 3.05) is 13.2 Å². The molecule has 0 radical (unpaired) electrons. The molecule has 3 nitrogen and oxygen atoms in total. The lowest BCUT2D eigenvalue weighted by Crippen LogP contribution is -2.10. The van der Waals surface area contributed by atoms with Gasteiger partial charge in [-0.2, -0.15) is 0 Å². The van der Waals surface area contributed by atoms with Gasteiger partial charge in [-0.3, -0.25) is 0 Å². The fourth-order valence-electron chi connectivity index (χ4n) is 4.60. The second kappa shape index (κ2) is 15.2. The molecule has 0 aliphatic heterocycles. The van der Waals surface area contributed by atoms with Crippen molar-refractivity contribution < 1.29 is 14.6 Å². The zero-order chi connectivity index (χ0) is 26.5. The zero-order valence-electron chi connectivity index (χ0n) is 22.5. The molecule has 1 N–H and O–H groups in total. The second-order valence-corrected chi connectivity index (χ2v) is 10.0. The second-order valence-electron chi connectivity index (χ2n) is 10.0. The van der Waals surface area contributed by atoms with Crippen molar-refractivity contribution in [2.45, 2.75) is 71.1 Å². The molecule has 0 aliphatic rings. The number of esters is 1. The lowest BCUT2D eigenvalue weighted by molar-refractivity contribution is -0.139. The van der Waals surface area contributed by atoms with E-state index in [0.29, 0.717) is 25.0 Å². The number of benzene rings is 3. The summed E-state index contributed by atoms with van der Waals surface area (Å²) < 4.78 is 5.26. The molecule has 0 saturated heterocycles. The number of aryl methyl sites for hydroxylation is 3. The molecule has 3 rings (SSSR count). The molecule has 0 amide bonds. The highest BCUT2D eigenvalue weighted by Gasteiger charge is 2.13. The van der Waals surface area contributed by atoms with Crippen molar-refractivity contribution in [3.05, 3.63) is 107 Å². The van der Waals surface area contributed by atoms with Crippen molar-refractivity contribution >= 4 is 5.97 Å². The van der Waals surface area contributed by atoms with Crippen LogP contribution in [0.1, 0.15) is 74.1 Å². The van der Waals surface area contributed by atoms with Gasteiger partial charge in [0.05, 0.1) is 6.61 Å². The minimum absolute atomic E-state index is 0.103. The molecule has 0 spiro atoms. The maximum absolute atomic E-state index is 11.6. The van der Waals surface area contributed by atoms with E-state index < -0.39 is 0 Å². The van der Waals surface area contributed by atoms with Crippen molar-refractivity contribution in [1.82, 2.24) is 0 Å². The first kappa shape index (κ1) is 28.4. The van der Waals surface area contributed by atoms with Gasteiger partial charge in [0, 0.05) is 12.2 Å². The summed E-state index contributed by atoms with van der Waals surface area (Å²) in [4.78, 5) is 11.6. The molecule has 37 heavy (non-hydrogen) atoms. The molecule has 1 unspecified atom stereocenters. The van der Waals surface area contributed by atoms with Crippen LogP contribution in [-0.2, 0) is 28.8 Å². The molecule has 0 fully saturated rings. The summed E-state index contributed by atoms with van der Waals surface area (Å²) in [6.07, 6.45) is 8.44. The van der Waals surface area contributed by atoms with Gasteiger partial charge >= 0.3 is 5.97 Å². The van der Waals surface area contributed by atoms with Crippen LogP contribution >= 0.6 is 0 Å².